The second-order valence-electron chi connectivity index (χ2n) is 6.17. The fourth-order valence-corrected chi connectivity index (χ4v) is 2.63. The number of esters is 1. The zero-order valence-electron chi connectivity index (χ0n) is 15.1. The molecule has 0 saturated carbocycles. The van der Waals surface area contributed by atoms with E-state index in [9.17, 15) is 4.79 Å². The second-order valence-corrected chi connectivity index (χ2v) is 6.17. The SMILES string of the molecule is COC(=O)C(C)Cc1cn(-c2ccc(-c3ccc(C(=N)N)cc3)nn2)cn1. The van der Waals surface area contributed by atoms with Crippen LogP contribution in [-0.4, -0.2) is 38.7 Å². The van der Waals surface area contributed by atoms with Crippen molar-refractivity contribution in [2.75, 3.05) is 7.11 Å². The number of hydrogen-bond donors (Lipinski definition) is 2. The van der Waals surface area contributed by atoms with E-state index in [2.05, 4.69) is 15.2 Å². The molecule has 0 aliphatic heterocycles. The summed E-state index contributed by atoms with van der Waals surface area (Å²) in [5.74, 6) is 0.137. The molecule has 0 radical (unpaired) electrons. The molecule has 0 aliphatic carbocycles. The first-order valence-corrected chi connectivity index (χ1v) is 8.37. The van der Waals surface area contributed by atoms with Crippen molar-refractivity contribution >= 4 is 11.8 Å². The number of aromatic nitrogens is 4. The molecule has 2 heterocycles. The van der Waals surface area contributed by atoms with Crippen LogP contribution in [0, 0.1) is 11.3 Å². The number of benzene rings is 1. The highest BCUT2D eigenvalue weighted by molar-refractivity contribution is 5.95. The van der Waals surface area contributed by atoms with Gasteiger partial charge in [0.1, 0.15) is 12.2 Å². The maximum absolute atomic E-state index is 11.5. The molecule has 0 spiro atoms. The van der Waals surface area contributed by atoms with Crippen LogP contribution in [0.3, 0.4) is 0 Å². The Hall–Kier alpha value is -3.55. The predicted molar refractivity (Wildman–Crippen MR) is 100 cm³/mol. The Bertz CT molecular complexity index is 947. The molecule has 2 aromatic heterocycles. The summed E-state index contributed by atoms with van der Waals surface area (Å²) in [6.07, 6.45) is 3.96. The molecule has 138 valence electrons. The molecule has 3 aromatic rings. The molecule has 27 heavy (non-hydrogen) atoms. The standard InChI is InChI=1S/C19H20N6O2/c1-12(19(26)27-2)9-15-10-25(11-22-15)17-8-7-16(23-24-17)13-3-5-14(6-4-13)18(20)21/h3-8,10-12H,9H2,1-2H3,(H3,20,21). The van der Waals surface area contributed by atoms with Crippen LogP contribution in [0.15, 0.2) is 48.9 Å². The van der Waals surface area contributed by atoms with Gasteiger partial charge in [0.25, 0.3) is 0 Å². The maximum atomic E-state index is 11.5. The fraction of sp³-hybridized carbons (Fsp3) is 0.211. The van der Waals surface area contributed by atoms with Crippen molar-refractivity contribution < 1.29 is 9.53 Å². The number of ether oxygens (including phenoxy) is 1. The number of nitrogens with two attached hydrogens (primary N) is 1. The number of nitrogens with zero attached hydrogens (tertiary/aromatic N) is 4. The number of nitrogen functional groups attached to an aromatic ring is 1. The predicted octanol–water partition coefficient (Wildman–Crippen LogP) is 1.96. The summed E-state index contributed by atoms with van der Waals surface area (Å²) in [6, 6.07) is 11.0. The topological polar surface area (TPSA) is 120 Å². The van der Waals surface area contributed by atoms with Gasteiger partial charge in [0.05, 0.1) is 24.4 Å². The van der Waals surface area contributed by atoms with Crippen LogP contribution in [0.5, 0.6) is 0 Å². The molecule has 1 aromatic carbocycles. The Morgan fingerprint density at radius 2 is 1.96 bits per heavy atom. The third kappa shape index (κ3) is 4.17. The summed E-state index contributed by atoms with van der Waals surface area (Å²) >= 11 is 0. The average Bonchev–Trinajstić information content (AvgIpc) is 3.16. The summed E-state index contributed by atoms with van der Waals surface area (Å²) < 4.78 is 6.50. The molecular formula is C19H20N6O2. The molecule has 8 nitrogen and oxygen atoms in total. The van der Waals surface area contributed by atoms with Gasteiger partial charge in [0.15, 0.2) is 5.82 Å². The molecule has 0 amide bonds. The van der Waals surface area contributed by atoms with Crippen LogP contribution in [0.4, 0.5) is 0 Å². The van der Waals surface area contributed by atoms with Gasteiger partial charge in [-0.15, -0.1) is 10.2 Å². The van der Waals surface area contributed by atoms with E-state index in [0.717, 1.165) is 11.3 Å². The van der Waals surface area contributed by atoms with Crippen LogP contribution < -0.4 is 5.73 Å². The van der Waals surface area contributed by atoms with Crippen LogP contribution in [0.25, 0.3) is 17.1 Å². The van der Waals surface area contributed by atoms with E-state index in [1.165, 1.54) is 7.11 Å². The van der Waals surface area contributed by atoms with Crippen molar-refractivity contribution in [3.05, 3.63) is 60.2 Å². The number of hydrogen-bond acceptors (Lipinski definition) is 6. The van der Waals surface area contributed by atoms with Gasteiger partial charge in [0, 0.05) is 23.7 Å². The van der Waals surface area contributed by atoms with E-state index in [1.807, 2.05) is 30.5 Å². The van der Waals surface area contributed by atoms with Gasteiger partial charge >= 0.3 is 5.97 Å². The molecule has 0 bridgehead atoms. The Morgan fingerprint density at radius 3 is 2.56 bits per heavy atom. The van der Waals surface area contributed by atoms with Crippen LogP contribution >= 0.6 is 0 Å². The fourth-order valence-electron chi connectivity index (χ4n) is 2.63. The molecule has 1 atom stereocenters. The van der Waals surface area contributed by atoms with Crippen molar-refractivity contribution in [1.82, 2.24) is 19.7 Å². The molecular weight excluding hydrogens is 344 g/mol. The van der Waals surface area contributed by atoms with E-state index >= 15 is 0 Å². The normalized spacial score (nSPS) is 11.8. The lowest BCUT2D eigenvalue weighted by Crippen LogP contribution is -2.15. The van der Waals surface area contributed by atoms with E-state index in [-0.39, 0.29) is 17.7 Å². The maximum Gasteiger partial charge on any atom is 0.308 e. The molecule has 3 N–H and O–H groups in total. The molecule has 0 aliphatic rings. The largest absolute Gasteiger partial charge is 0.469 e. The Balaban J connectivity index is 1.74. The minimum Gasteiger partial charge on any atom is -0.469 e. The number of amidine groups is 1. The first-order valence-electron chi connectivity index (χ1n) is 8.37. The van der Waals surface area contributed by atoms with Gasteiger partial charge < -0.3 is 10.5 Å². The number of imidazole rings is 1. The molecule has 8 heteroatoms. The summed E-state index contributed by atoms with van der Waals surface area (Å²) in [5.41, 5.74) is 8.51. The zero-order chi connectivity index (χ0) is 19.4. The average molecular weight is 364 g/mol. The molecule has 0 fully saturated rings. The second kappa shape index (κ2) is 7.77. The van der Waals surface area contributed by atoms with E-state index < -0.39 is 0 Å². The minimum atomic E-state index is -0.260. The van der Waals surface area contributed by atoms with Gasteiger partial charge in [-0.25, -0.2) is 4.98 Å². The Labute approximate surface area is 156 Å². The van der Waals surface area contributed by atoms with Gasteiger partial charge in [-0.2, -0.15) is 0 Å². The van der Waals surface area contributed by atoms with E-state index in [0.29, 0.717) is 23.5 Å². The van der Waals surface area contributed by atoms with Gasteiger partial charge in [-0.1, -0.05) is 31.2 Å². The lowest BCUT2D eigenvalue weighted by atomic mass is 10.1. The third-order valence-electron chi connectivity index (χ3n) is 4.16. The number of nitrogens with one attached hydrogen (secondary N) is 1. The molecule has 0 saturated heterocycles. The van der Waals surface area contributed by atoms with Gasteiger partial charge in [0.2, 0.25) is 0 Å². The number of methoxy groups -OCH3 is 1. The number of rotatable bonds is 6. The summed E-state index contributed by atoms with van der Waals surface area (Å²) in [4.78, 5) is 15.8. The monoisotopic (exact) mass is 364 g/mol. The summed E-state index contributed by atoms with van der Waals surface area (Å²) in [5, 5.41) is 15.9. The van der Waals surface area contributed by atoms with Gasteiger partial charge in [-0.05, 0) is 12.1 Å². The number of carbonyl (C=O) groups excluding carboxylic acids is 1. The number of carbonyl (C=O) groups is 1. The smallest absolute Gasteiger partial charge is 0.308 e. The highest BCUT2D eigenvalue weighted by Crippen LogP contribution is 2.18. The highest BCUT2D eigenvalue weighted by atomic mass is 16.5. The lowest BCUT2D eigenvalue weighted by Gasteiger charge is -2.06. The van der Waals surface area contributed by atoms with Crippen molar-refractivity contribution in [2.24, 2.45) is 11.7 Å². The third-order valence-corrected chi connectivity index (χ3v) is 4.16. The first-order chi connectivity index (χ1) is 13.0. The van der Waals surface area contributed by atoms with Gasteiger partial charge in [-0.3, -0.25) is 14.8 Å². The van der Waals surface area contributed by atoms with Crippen molar-refractivity contribution in [3.63, 3.8) is 0 Å². The zero-order valence-corrected chi connectivity index (χ0v) is 15.1. The summed E-state index contributed by atoms with van der Waals surface area (Å²) in [6.45, 7) is 1.80. The lowest BCUT2D eigenvalue weighted by molar-refractivity contribution is -0.144. The molecule has 3 rings (SSSR count). The van der Waals surface area contributed by atoms with E-state index in [1.54, 1.807) is 30.0 Å². The quantitative estimate of drug-likeness (QED) is 0.392. The van der Waals surface area contributed by atoms with Crippen LogP contribution in [0.1, 0.15) is 18.2 Å². The highest BCUT2D eigenvalue weighted by Gasteiger charge is 2.15. The van der Waals surface area contributed by atoms with Crippen molar-refractivity contribution in [3.8, 4) is 17.1 Å². The minimum absolute atomic E-state index is 0.0282. The van der Waals surface area contributed by atoms with Crippen LogP contribution in [-0.2, 0) is 16.0 Å². The Kier molecular flexibility index (Phi) is 5.25. The van der Waals surface area contributed by atoms with Crippen molar-refractivity contribution in [1.29, 1.82) is 5.41 Å². The molecule has 1 unspecified atom stereocenters. The first kappa shape index (κ1) is 18.2. The van der Waals surface area contributed by atoms with E-state index in [4.69, 9.17) is 15.9 Å². The Morgan fingerprint density at radius 1 is 1.22 bits per heavy atom. The summed E-state index contributed by atoms with van der Waals surface area (Å²) in [7, 11) is 1.38. The van der Waals surface area contributed by atoms with Crippen molar-refractivity contribution in [2.45, 2.75) is 13.3 Å². The van der Waals surface area contributed by atoms with Crippen LogP contribution in [0.2, 0.25) is 0 Å².